The summed E-state index contributed by atoms with van der Waals surface area (Å²) in [6.07, 6.45) is 3.04. The van der Waals surface area contributed by atoms with Crippen LogP contribution < -0.4 is 15.5 Å². The zero-order chi connectivity index (χ0) is 24.8. The molecule has 3 aromatic rings. The Morgan fingerprint density at radius 1 is 1.06 bits per heavy atom. The van der Waals surface area contributed by atoms with E-state index in [2.05, 4.69) is 92.1 Å². The molecule has 0 saturated heterocycles. The summed E-state index contributed by atoms with van der Waals surface area (Å²) < 4.78 is 0. The lowest BCUT2D eigenvalue weighted by molar-refractivity contribution is -0.935. The van der Waals surface area contributed by atoms with Gasteiger partial charge in [-0.05, 0) is 58.0 Å². The van der Waals surface area contributed by atoms with Crippen molar-refractivity contribution in [2.75, 3.05) is 18.4 Å². The highest BCUT2D eigenvalue weighted by Gasteiger charge is 2.19. The van der Waals surface area contributed by atoms with Gasteiger partial charge in [-0.1, -0.05) is 59.8 Å². The van der Waals surface area contributed by atoms with Crippen LogP contribution in [-0.2, 0) is 6.54 Å². The van der Waals surface area contributed by atoms with Crippen molar-refractivity contribution in [1.29, 1.82) is 0 Å². The van der Waals surface area contributed by atoms with Gasteiger partial charge in [0.05, 0.1) is 18.3 Å². The van der Waals surface area contributed by atoms with Gasteiger partial charge in [0.25, 0.3) is 5.91 Å². The summed E-state index contributed by atoms with van der Waals surface area (Å²) in [6.45, 7) is 11.4. The van der Waals surface area contributed by atoms with E-state index in [0.29, 0.717) is 18.2 Å². The minimum absolute atomic E-state index is 0.0200. The van der Waals surface area contributed by atoms with E-state index in [0.717, 1.165) is 35.8 Å². The third-order valence-electron chi connectivity index (χ3n) is 6.50. The van der Waals surface area contributed by atoms with Gasteiger partial charge < -0.3 is 15.5 Å². The maximum atomic E-state index is 12.9. The van der Waals surface area contributed by atoms with Gasteiger partial charge in [-0.3, -0.25) is 4.79 Å². The van der Waals surface area contributed by atoms with Crippen molar-refractivity contribution in [3.05, 3.63) is 95.1 Å². The Labute approximate surface area is 213 Å². The fourth-order valence-electron chi connectivity index (χ4n) is 4.42. The van der Waals surface area contributed by atoms with Crippen LogP contribution in [0.4, 0.5) is 5.69 Å². The first-order chi connectivity index (χ1) is 16.9. The lowest BCUT2D eigenvalue weighted by Crippen LogP contribution is -3.13. The van der Waals surface area contributed by atoms with Crippen LogP contribution in [-0.4, -0.2) is 25.0 Å². The average Bonchev–Trinajstić information content (AvgIpc) is 3.01. The van der Waals surface area contributed by atoms with Crippen molar-refractivity contribution >= 4 is 29.1 Å². The molecule has 4 nitrogen and oxygen atoms in total. The number of amides is 1. The van der Waals surface area contributed by atoms with Gasteiger partial charge in [0, 0.05) is 45.1 Å². The fraction of sp³-hybridized carbons (Fsp3) is 0.300. The first-order valence-corrected chi connectivity index (χ1v) is 13.3. The first kappa shape index (κ1) is 25.1. The summed E-state index contributed by atoms with van der Waals surface area (Å²) in [6, 6.07) is 23.7. The Balaban J connectivity index is 1.37. The number of carbonyl (C=O) groups is 1. The number of hydrogen-bond acceptors (Lipinski definition) is 3. The monoisotopic (exact) mass is 486 g/mol. The normalized spacial score (nSPS) is 14.6. The second-order valence-corrected chi connectivity index (χ2v) is 10.6. The SMILES string of the molecule is CC=C1Nc2cc(C(=O)NCCC[NH+](Cc3ccccc3)C(C)C)ccc2Sc2ccc(C)cc21. The van der Waals surface area contributed by atoms with Gasteiger partial charge in [-0.25, -0.2) is 0 Å². The lowest BCUT2D eigenvalue weighted by Gasteiger charge is -2.23. The molecule has 0 aromatic heterocycles. The van der Waals surface area contributed by atoms with Gasteiger partial charge in [0.1, 0.15) is 6.54 Å². The molecular formula is C30H36N3OS+. The summed E-state index contributed by atoms with van der Waals surface area (Å²) in [5, 5.41) is 6.69. The standard InChI is InChI=1S/C30H35N3OS/c1-5-26-25-18-22(4)12-14-28(25)35-29-15-13-24(19-27(29)32-26)30(34)31-16-9-17-33(21(2)3)20-23-10-7-6-8-11-23/h5-8,10-15,18-19,21,32H,9,16-17,20H2,1-4H3,(H,31,34)/p+1. The molecule has 0 radical (unpaired) electrons. The molecule has 0 aliphatic carbocycles. The number of benzene rings is 3. The number of aryl methyl sites for hydroxylation is 1. The fourth-order valence-corrected chi connectivity index (χ4v) is 5.43. The molecule has 5 heteroatoms. The van der Waals surface area contributed by atoms with E-state index in [1.165, 1.54) is 26.5 Å². The van der Waals surface area contributed by atoms with E-state index in [1.54, 1.807) is 11.8 Å². The summed E-state index contributed by atoms with van der Waals surface area (Å²) >= 11 is 1.74. The number of carbonyl (C=O) groups excluding carboxylic acids is 1. The van der Waals surface area contributed by atoms with Crippen molar-refractivity contribution in [2.45, 2.75) is 56.5 Å². The van der Waals surface area contributed by atoms with Crippen molar-refractivity contribution in [1.82, 2.24) is 5.32 Å². The van der Waals surface area contributed by atoms with Crippen molar-refractivity contribution < 1.29 is 9.69 Å². The molecule has 1 amide bonds. The second-order valence-electron chi connectivity index (χ2n) is 9.47. The minimum Gasteiger partial charge on any atom is -0.354 e. The molecular weight excluding hydrogens is 450 g/mol. The van der Waals surface area contributed by atoms with Crippen LogP contribution in [0.3, 0.4) is 0 Å². The Morgan fingerprint density at radius 2 is 1.83 bits per heavy atom. The Bertz CT molecular complexity index is 1200. The molecule has 35 heavy (non-hydrogen) atoms. The molecule has 3 N–H and O–H groups in total. The summed E-state index contributed by atoms with van der Waals surface area (Å²) in [7, 11) is 0. The molecule has 0 fully saturated rings. The number of quaternary nitrogens is 1. The van der Waals surface area contributed by atoms with Crippen molar-refractivity contribution in [3.8, 4) is 0 Å². The van der Waals surface area contributed by atoms with E-state index >= 15 is 0 Å². The quantitative estimate of drug-likeness (QED) is 0.366. The molecule has 1 aliphatic rings. The number of allylic oxidation sites excluding steroid dienone is 1. The maximum absolute atomic E-state index is 12.9. The van der Waals surface area contributed by atoms with Gasteiger partial charge in [-0.2, -0.15) is 0 Å². The minimum atomic E-state index is -0.0200. The van der Waals surface area contributed by atoms with Gasteiger partial charge in [0.2, 0.25) is 0 Å². The van der Waals surface area contributed by atoms with Gasteiger partial charge in [-0.15, -0.1) is 0 Å². The highest BCUT2D eigenvalue weighted by Crippen LogP contribution is 2.42. The van der Waals surface area contributed by atoms with Crippen LogP contribution in [0.5, 0.6) is 0 Å². The topological polar surface area (TPSA) is 45.6 Å². The summed E-state index contributed by atoms with van der Waals surface area (Å²) in [5.74, 6) is -0.0200. The van der Waals surface area contributed by atoms with Crippen LogP contribution >= 0.6 is 11.8 Å². The largest absolute Gasteiger partial charge is 0.354 e. The molecule has 0 saturated carbocycles. The Hall–Kier alpha value is -3.02. The van der Waals surface area contributed by atoms with Crippen LogP contribution in [0.15, 0.2) is 82.6 Å². The molecule has 4 rings (SSSR count). The van der Waals surface area contributed by atoms with E-state index < -0.39 is 0 Å². The predicted octanol–water partition coefficient (Wildman–Crippen LogP) is 5.55. The lowest BCUT2D eigenvalue weighted by atomic mass is 10.1. The number of nitrogens with one attached hydrogen (secondary N) is 3. The van der Waals surface area contributed by atoms with Crippen LogP contribution in [0.2, 0.25) is 0 Å². The number of fused-ring (bicyclic) bond motifs is 2. The maximum Gasteiger partial charge on any atom is 0.251 e. The Kier molecular flexibility index (Phi) is 8.32. The number of hydrogen-bond donors (Lipinski definition) is 3. The van der Waals surface area contributed by atoms with Crippen LogP contribution in [0.1, 0.15) is 54.2 Å². The molecule has 182 valence electrons. The second kappa shape index (κ2) is 11.6. The summed E-state index contributed by atoms with van der Waals surface area (Å²) in [5.41, 5.74) is 6.52. The predicted molar refractivity (Wildman–Crippen MR) is 147 cm³/mol. The molecule has 1 heterocycles. The zero-order valence-electron chi connectivity index (χ0n) is 21.2. The average molecular weight is 487 g/mol. The molecule has 1 unspecified atom stereocenters. The van der Waals surface area contributed by atoms with E-state index in [4.69, 9.17) is 0 Å². The molecule has 1 atom stereocenters. The van der Waals surface area contributed by atoms with Crippen molar-refractivity contribution in [3.63, 3.8) is 0 Å². The summed E-state index contributed by atoms with van der Waals surface area (Å²) in [4.78, 5) is 16.8. The van der Waals surface area contributed by atoms with E-state index in [-0.39, 0.29) is 5.91 Å². The smallest absolute Gasteiger partial charge is 0.251 e. The Morgan fingerprint density at radius 3 is 2.57 bits per heavy atom. The number of anilines is 1. The van der Waals surface area contributed by atoms with Crippen molar-refractivity contribution in [2.24, 2.45) is 0 Å². The third kappa shape index (κ3) is 6.36. The zero-order valence-corrected chi connectivity index (χ0v) is 22.0. The van der Waals surface area contributed by atoms with Crippen LogP contribution in [0, 0.1) is 6.92 Å². The first-order valence-electron chi connectivity index (χ1n) is 12.5. The van der Waals surface area contributed by atoms with E-state index in [1.807, 2.05) is 19.1 Å². The number of rotatable bonds is 8. The molecule has 3 aromatic carbocycles. The van der Waals surface area contributed by atoms with Gasteiger partial charge in [0.15, 0.2) is 0 Å². The molecule has 1 aliphatic heterocycles. The molecule has 0 bridgehead atoms. The highest BCUT2D eigenvalue weighted by molar-refractivity contribution is 7.99. The van der Waals surface area contributed by atoms with E-state index in [9.17, 15) is 4.79 Å². The highest BCUT2D eigenvalue weighted by atomic mass is 32.2. The van der Waals surface area contributed by atoms with Gasteiger partial charge >= 0.3 is 0 Å². The molecule has 0 spiro atoms. The third-order valence-corrected chi connectivity index (χ3v) is 7.65. The van der Waals surface area contributed by atoms with Crippen LogP contribution in [0.25, 0.3) is 5.70 Å².